The van der Waals surface area contributed by atoms with E-state index in [4.69, 9.17) is 11.7 Å². The standard InChI is InChI=1S/C19H22F2N6O2S/c1-18(10-19(18,20)21)11-3-5-12(6-4-11)24-16(28)14-9-13(26-29)7-8-15(14)30-17(25-22)27(2)23/h3-9,26,29H,10,22-23H2,1-2H3,(H,24,28)/p+1/b25-17+. The van der Waals surface area contributed by atoms with E-state index in [1.165, 1.54) is 18.0 Å². The third kappa shape index (κ3) is 4.24. The normalized spacial score (nSPS) is 20.0. The summed E-state index contributed by atoms with van der Waals surface area (Å²) in [5.41, 5.74) is 1.38. The maximum absolute atomic E-state index is 13.6. The first kappa shape index (κ1) is 22.0. The van der Waals surface area contributed by atoms with Gasteiger partial charge in [0.2, 0.25) is 5.17 Å². The summed E-state index contributed by atoms with van der Waals surface area (Å²) in [5.74, 6) is 7.87. The van der Waals surface area contributed by atoms with Crippen LogP contribution in [0.25, 0.3) is 0 Å². The van der Waals surface area contributed by atoms with Crippen molar-refractivity contribution in [2.24, 2.45) is 16.8 Å². The first-order valence-electron chi connectivity index (χ1n) is 8.96. The first-order valence-corrected chi connectivity index (χ1v) is 9.78. The van der Waals surface area contributed by atoms with Crippen molar-refractivity contribution >= 4 is 34.2 Å². The van der Waals surface area contributed by atoms with Gasteiger partial charge < -0.3 is 11.2 Å². The second kappa shape index (κ2) is 8.19. The minimum atomic E-state index is -2.70. The summed E-state index contributed by atoms with van der Waals surface area (Å²) < 4.78 is 27.2. The molecular weight excluding hydrogens is 414 g/mol. The highest BCUT2D eigenvalue weighted by atomic mass is 32.2. The minimum Gasteiger partial charge on any atom is -0.322 e. The number of alkyl halides is 2. The zero-order chi connectivity index (χ0) is 22.1. The third-order valence-electron chi connectivity index (χ3n) is 5.05. The number of quaternary nitrogens is 1. The van der Waals surface area contributed by atoms with Crippen LogP contribution >= 0.6 is 11.8 Å². The average molecular weight is 437 g/mol. The number of rotatable bonds is 5. The molecule has 1 amide bonds. The van der Waals surface area contributed by atoms with Gasteiger partial charge >= 0.3 is 0 Å². The molecule has 30 heavy (non-hydrogen) atoms. The molecule has 1 saturated carbocycles. The minimum absolute atomic E-state index is 0.183. The molecule has 1 aliphatic carbocycles. The molecule has 8 N–H and O–H groups in total. The van der Waals surface area contributed by atoms with Crippen LogP contribution < -0.4 is 22.5 Å². The fourth-order valence-corrected chi connectivity index (χ4v) is 3.81. The maximum atomic E-state index is 13.6. The van der Waals surface area contributed by atoms with Crippen molar-refractivity contribution in [2.45, 2.75) is 29.6 Å². The smallest absolute Gasteiger partial charge is 0.258 e. The molecule has 1 aliphatic rings. The fraction of sp³-hybridized carbons (Fsp3) is 0.263. The van der Waals surface area contributed by atoms with Crippen LogP contribution in [0.2, 0.25) is 0 Å². The highest BCUT2D eigenvalue weighted by Crippen LogP contribution is 2.61. The van der Waals surface area contributed by atoms with E-state index in [1.54, 1.807) is 43.4 Å². The number of amides is 1. The molecule has 2 aromatic carbocycles. The number of amidine groups is 1. The van der Waals surface area contributed by atoms with Gasteiger partial charge in [-0.05, 0) is 42.4 Å². The molecular formula is C19H23F2N6O2S+. The number of nitrogens with two attached hydrogens (primary N) is 3. The van der Waals surface area contributed by atoms with Crippen LogP contribution in [0.3, 0.4) is 0 Å². The van der Waals surface area contributed by atoms with Crippen molar-refractivity contribution in [3.63, 3.8) is 0 Å². The number of thioether (sulfide) groups is 1. The van der Waals surface area contributed by atoms with Gasteiger partial charge in [-0.3, -0.25) is 9.80 Å². The van der Waals surface area contributed by atoms with Crippen molar-refractivity contribution < 1.29 is 24.3 Å². The zero-order valence-corrected chi connectivity index (χ0v) is 17.2. The molecule has 1 fully saturated rings. The lowest BCUT2D eigenvalue weighted by Crippen LogP contribution is -2.73. The quantitative estimate of drug-likeness (QED) is 0.121. The van der Waals surface area contributed by atoms with Gasteiger partial charge in [-0.1, -0.05) is 12.1 Å². The third-order valence-corrected chi connectivity index (χ3v) is 6.20. The lowest BCUT2D eigenvalue weighted by Gasteiger charge is -2.16. The molecule has 0 saturated heterocycles. The number of hydrogen-bond acceptors (Lipinski definition) is 6. The van der Waals surface area contributed by atoms with E-state index in [9.17, 15) is 18.8 Å². The van der Waals surface area contributed by atoms with Crippen molar-refractivity contribution in [2.75, 3.05) is 12.4 Å². The summed E-state index contributed by atoms with van der Waals surface area (Å²) in [7, 11) is 1.56. The van der Waals surface area contributed by atoms with Gasteiger partial charge in [-0.2, -0.15) is 10.6 Å². The van der Waals surface area contributed by atoms with Crippen LogP contribution in [0.15, 0.2) is 52.5 Å². The molecule has 0 spiro atoms. The van der Waals surface area contributed by atoms with E-state index in [2.05, 4.69) is 10.4 Å². The number of hydrazine groups is 1. The number of nitrogens with one attached hydrogen (secondary N) is 1. The van der Waals surface area contributed by atoms with Gasteiger partial charge in [0, 0.05) is 36.2 Å². The number of benzene rings is 2. The number of halogens is 2. The molecule has 2 aromatic rings. The van der Waals surface area contributed by atoms with Crippen LogP contribution in [0.5, 0.6) is 0 Å². The molecule has 0 aliphatic heterocycles. The van der Waals surface area contributed by atoms with E-state index in [0.717, 1.165) is 17.2 Å². The van der Waals surface area contributed by atoms with E-state index in [0.29, 0.717) is 21.8 Å². The van der Waals surface area contributed by atoms with E-state index < -0.39 is 17.2 Å². The summed E-state index contributed by atoms with van der Waals surface area (Å²) in [6, 6.07) is 11.1. The summed E-state index contributed by atoms with van der Waals surface area (Å²) in [6.07, 6.45) is -0.183. The SMILES string of the molecule is CN(N)/C(=N\N)Sc1ccc([NH2+]O)cc1C(=O)Nc1ccc(C2(C)CC2(F)F)cc1. The average Bonchev–Trinajstić information content (AvgIpc) is 3.24. The number of anilines is 1. The van der Waals surface area contributed by atoms with Crippen LogP contribution in [0, 0.1) is 0 Å². The Labute approximate surface area is 176 Å². The summed E-state index contributed by atoms with van der Waals surface area (Å²) in [6.45, 7) is 1.52. The summed E-state index contributed by atoms with van der Waals surface area (Å²) in [5, 5.41) is 17.1. The van der Waals surface area contributed by atoms with Gasteiger partial charge in [-0.15, -0.1) is 0 Å². The Morgan fingerprint density at radius 1 is 1.30 bits per heavy atom. The molecule has 0 radical (unpaired) electrons. The second-order valence-electron chi connectivity index (χ2n) is 7.25. The summed E-state index contributed by atoms with van der Waals surface area (Å²) >= 11 is 1.08. The van der Waals surface area contributed by atoms with Gasteiger partial charge in [0.25, 0.3) is 11.8 Å². The van der Waals surface area contributed by atoms with Crippen molar-refractivity contribution in [3.8, 4) is 0 Å². The van der Waals surface area contributed by atoms with Crippen LogP contribution in [0.1, 0.15) is 29.3 Å². The van der Waals surface area contributed by atoms with E-state index in [-0.39, 0.29) is 17.2 Å². The molecule has 0 aromatic heterocycles. The second-order valence-corrected chi connectivity index (χ2v) is 8.26. The van der Waals surface area contributed by atoms with Crippen molar-refractivity contribution in [1.29, 1.82) is 0 Å². The first-order chi connectivity index (χ1) is 14.1. The molecule has 8 nitrogen and oxygen atoms in total. The Hall–Kier alpha value is -2.73. The molecule has 3 rings (SSSR count). The molecule has 11 heteroatoms. The Balaban J connectivity index is 1.82. The predicted molar refractivity (Wildman–Crippen MR) is 111 cm³/mol. The lowest BCUT2D eigenvalue weighted by atomic mass is 9.97. The Bertz CT molecular complexity index is 983. The molecule has 0 heterocycles. The number of carbonyl (C=O) groups is 1. The van der Waals surface area contributed by atoms with Crippen molar-refractivity contribution in [3.05, 3.63) is 53.6 Å². The Kier molecular flexibility index (Phi) is 5.99. The highest BCUT2D eigenvalue weighted by Gasteiger charge is 2.68. The fourth-order valence-electron chi connectivity index (χ4n) is 3.02. The van der Waals surface area contributed by atoms with Crippen molar-refractivity contribution in [1.82, 2.24) is 5.01 Å². The number of hydrazone groups is 1. The largest absolute Gasteiger partial charge is 0.322 e. The summed E-state index contributed by atoms with van der Waals surface area (Å²) in [4.78, 5) is 13.4. The van der Waals surface area contributed by atoms with Crippen LogP contribution in [-0.2, 0) is 5.41 Å². The number of nitrogens with zero attached hydrogens (tertiary/aromatic N) is 2. The number of carbonyl (C=O) groups excluding carboxylic acids is 1. The zero-order valence-electron chi connectivity index (χ0n) is 16.4. The van der Waals surface area contributed by atoms with Crippen LogP contribution in [0.4, 0.5) is 20.2 Å². The molecule has 160 valence electrons. The van der Waals surface area contributed by atoms with E-state index >= 15 is 0 Å². The Morgan fingerprint density at radius 3 is 2.43 bits per heavy atom. The maximum Gasteiger partial charge on any atom is 0.258 e. The monoisotopic (exact) mass is 437 g/mol. The molecule has 0 bridgehead atoms. The van der Waals surface area contributed by atoms with Gasteiger partial charge in [0.1, 0.15) is 0 Å². The molecule has 1 unspecified atom stereocenters. The van der Waals surface area contributed by atoms with E-state index in [1.807, 2.05) is 0 Å². The lowest BCUT2D eigenvalue weighted by molar-refractivity contribution is -0.825. The Morgan fingerprint density at radius 2 is 1.93 bits per heavy atom. The molecule has 1 atom stereocenters. The van der Waals surface area contributed by atoms with Gasteiger partial charge in [0.05, 0.1) is 11.0 Å². The van der Waals surface area contributed by atoms with Gasteiger partial charge in [-0.25, -0.2) is 19.8 Å². The number of hydrogen-bond donors (Lipinski definition) is 5. The van der Waals surface area contributed by atoms with Crippen LogP contribution in [-0.4, -0.2) is 34.3 Å². The predicted octanol–water partition coefficient (Wildman–Crippen LogP) is 1.95. The van der Waals surface area contributed by atoms with Gasteiger partial charge in [0.15, 0.2) is 5.69 Å². The highest BCUT2D eigenvalue weighted by molar-refractivity contribution is 8.13. The topological polar surface area (TPSA) is 134 Å².